The highest BCUT2D eigenvalue weighted by Gasteiger charge is 2.28. The molecule has 0 aromatic heterocycles. The highest BCUT2D eigenvalue weighted by molar-refractivity contribution is 7.99. The van der Waals surface area contributed by atoms with E-state index in [0.29, 0.717) is 6.04 Å². The standard InChI is InChI=1S/C16H25NOS/c1-3-10-17-16(13-9-11-19-12-13)14-7-5-6-8-15(14)18-4-2/h5-8,13,16-17H,3-4,9-12H2,1-2H3. The summed E-state index contributed by atoms with van der Waals surface area (Å²) in [5.74, 6) is 4.35. The Morgan fingerprint density at radius 2 is 2.21 bits per heavy atom. The van der Waals surface area contributed by atoms with Gasteiger partial charge >= 0.3 is 0 Å². The monoisotopic (exact) mass is 279 g/mol. The number of nitrogens with one attached hydrogen (secondary N) is 1. The average Bonchev–Trinajstić information content (AvgIpc) is 2.95. The van der Waals surface area contributed by atoms with Crippen molar-refractivity contribution in [2.75, 3.05) is 24.7 Å². The molecule has 106 valence electrons. The molecule has 1 fully saturated rings. The Hall–Kier alpha value is -0.670. The van der Waals surface area contributed by atoms with Crippen LogP contribution in [-0.4, -0.2) is 24.7 Å². The lowest BCUT2D eigenvalue weighted by Crippen LogP contribution is -2.29. The van der Waals surface area contributed by atoms with Crippen molar-refractivity contribution in [3.05, 3.63) is 29.8 Å². The minimum absolute atomic E-state index is 0.442. The van der Waals surface area contributed by atoms with Crippen LogP contribution >= 0.6 is 11.8 Å². The fourth-order valence-corrected chi connectivity index (χ4v) is 3.97. The maximum atomic E-state index is 5.81. The van der Waals surface area contributed by atoms with E-state index in [1.807, 2.05) is 0 Å². The van der Waals surface area contributed by atoms with Crippen LogP contribution < -0.4 is 10.1 Å². The van der Waals surface area contributed by atoms with Gasteiger partial charge in [-0.2, -0.15) is 11.8 Å². The van der Waals surface area contributed by atoms with Crippen LogP contribution in [0.5, 0.6) is 5.75 Å². The van der Waals surface area contributed by atoms with Crippen molar-refractivity contribution >= 4 is 11.8 Å². The van der Waals surface area contributed by atoms with Gasteiger partial charge in [-0.25, -0.2) is 0 Å². The molecule has 0 amide bonds. The van der Waals surface area contributed by atoms with Gasteiger partial charge in [-0.15, -0.1) is 0 Å². The van der Waals surface area contributed by atoms with E-state index in [2.05, 4.69) is 55.2 Å². The van der Waals surface area contributed by atoms with E-state index in [1.54, 1.807) is 0 Å². The first-order valence-electron chi connectivity index (χ1n) is 7.39. The van der Waals surface area contributed by atoms with Crippen molar-refractivity contribution in [3.63, 3.8) is 0 Å². The van der Waals surface area contributed by atoms with Gasteiger partial charge in [0.05, 0.1) is 6.61 Å². The van der Waals surface area contributed by atoms with Gasteiger partial charge in [0.2, 0.25) is 0 Å². The summed E-state index contributed by atoms with van der Waals surface area (Å²) in [4.78, 5) is 0. The zero-order valence-corrected chi connectivity index (χ0v) is 12.8. The predicted molar refractivity (Wildman–Crippen MR) is 84.1 cm³/mol. The number of hydrogen-bond acceptors (Lipinski definition) is 3. The maximum absolute atomic E-state index is 5.81. The first-order valence-corrected chi connectivity index (χ1v) is 8.55. The number of para-hydroxylation sites is 1. The highest BCUT2D eigenvalue weighted by atomic mass is 32.2. The predicted octanol–water partition coefficient (Wildman–Crippen LogP) is 3.88. The lowest BCUT2D eigenvalue weighted by Gasteiger charge is -2.26. The molecule has 3 heteroatoms. The van der Waals surface area contributed by atoms with Gasteiger partial charge in [-0.3, -0.25) is 0 Å². The molecule has 1 saturated heterocycles. The van der Waals surface area contributed by atoms with E-state index in [-0.39, 0.29) is 0 Å². The van der Waals surface area contributed by atoms with E-state index < -0.39 is 0 Å². The second-order valence-electron chi connectivity index (χ2n) is 5.03. The highest BCUT2D eigenvalue weighted by Crippen LogP contribution is 2.37. The van der Waals surface area contributed by atoms with Crippen LogP contribution in [0.2, 0.25) is 0 Å². The van der Waals surface area contributed by atoms with Gasteiger partial charge in [-0.1, -0.05) is 25.1 Å². The zero-order chi connectivity index (χ0) is 13.5. The Balaban J connectivity index is 2.20. The molecule has 2 rings (SSSR count). The fourth-order valence-electron chi connectivity index (χ4n) is 2.67. The summed E-state index contributed by atoms with van der Waals surface area (Å²) in [7, 11) is 0. The molecule has 0 saturated carbocycles. The average molecular weight is 279 g/mol. The molecule has 2 atom stereocenters. The summed E-state index contributed by atoms with van der Waals surface area (Å²) < 4.78 is 5.81. The molecule has 1 N–H and O–H groups in total. The molecule has 19 heavy (non-hydrogen) atoms. The minimum Gasteiger partial charge on any atom is -0.494 e. The van der Waals surface area contributed by atoms with Gasteiger partial charge in [0.25, 0.3) is 0 Å². The third kappa shape index (κ3) is 3.90. The van der Waals surface area contributed by atoms with E-state index in [9.17, 15) is 0 Å². The summed E-state index contributed by atoms with van der Waals surface area (Å²) >= 11 is 2.08. The quantitative estimate of drug-likeness (QED) is 0.818. The van der Waals surface area contributed by atoms with Gasteiger partial charge < -0.3 is 10.1 Å². The molecule has 0 bridgehead atoms. The second kappa shape index (κ2) is 7.81. The van der Waals surface area contributed by atoms with Crippen molar-refractivity contribution in [2.45, 2.75) is 32.7 Å². The van der Waals surface area contributed by atoms with Crippen LogP contribution in [0.3, 0.4) is 0 Å². The summed E-state index contributed by atoms with van der Waals surface area (Å²) in [6.45, 7) is 6.09. The third-order valence-electron chi connectivity index (χ3n) is 3.60. The van der Waals surface area contributed by atoms with Crippen molar-refractivity contribution in [1.82, 2.24) is 5.32 Å². The molecule has 2 unspecified atom stereocenters. The lowest BCUT2D eigenvalue weighted by atomic mass is 9.91. The van der Waals surface area contributed by atoms with Gasteiger partial charge in [0, 0.05) is 11.6 Å². The van der Waals surface area contributed by atoms with Crippen molar-refractivity contribution in [3.8, 4) is 5.75 Å². The molecular weight excluding hydrogens is 254 g/mol. The van der Waals surface area contributed by atoms with Crippen molar-refractivity contribution in [2.24, 2.45) is 5.92 Å². The minimum atomic E-state index is 0.442. The number of thioether (sulfide) groups is 1. The Morgan fingerprint density at radius 3 is 2.89 bits per heavy atom. The summed E-state index contributed by atoms with van der Waals surface area (Å²) in [5.41, 5.74) is 1.34. The molecule has 1 aromatic carbocycles. The number of rotatable bonds is 7. The smallest absolute Gasteiger partial charge is 0.124 e. The second-order valence-corrected chi connectivity index (χ2v) is 6.18. The molecule has 0 radical (unpaired) electrons. The maximum Gasteiger partial charge on any atom is 0.124 e. The zero-order valence-electron chi connectivity index (χ0n) is 12.0. The van der Waals surface area contributed by atoms with E-state index in [4.69, 9.17) is 4.74 Å². The summed E-state index contributed by atoms with van der Waals surface area (Å²) in [6.07, 6.45) is 2.49. The topological polar surface area (TPSA) is 21.3 Å². The molecule has 0 aliphatic carbocycles. The molecule has 1 aromatic rings. The molecule has 1 aliphatic heterocycles. The van der Waals surface area contributed by atoms with Crippen LogP contribution in [0, 0.1) is 5.92 Å². The van der Waals surface area contributed by atoms with Gasteiger partial charge in [0.1, 0.15) is 5.75 Å². The van der Waals surface area contributed by atoms with Crippen molar-refractivity contribution < 1.29 is 4.74 Å². The normalized spacial score (nSPS) is 20.4. The summed E-state index contributed by atoms with van der Waals surface area (Å²) in [5, 5.41) is 3.73. The molecule has 2 nitrogen and oxygen atoms in total. The van der Waals surface area contributed by atoms with Crippen LogP contribution in [-0.2, 0) is 0 Å². The number of hydrogen-bond donors (Lipinski definition) is 1. The van der Waals surface area contributed by atoms with Crippen LogP contribution in [0.25, 0.3) is 0 Å². The van der Waals surface area contributed by atoms with Crippen molar-refractivity contribution in [1.29, 1.82) is 0 Å². The SMILES string of the molecule is CCCNC(c1ccccc1OCC)C1CCSC1. The molecule has 1 aliphatic rings. The van der Waals surface area contributed by atoms with Crippen LogP contribution in [0.1, 0.15) is 38.3 Å². The van der Waals surface area contributed by atoms with Gasteiger partial charge in [-0.05, 0) is 49.8 Å². The Morgan fingerprint density at radius 1 is 1.37 bits per heavy atom. The van der Waals surface area contributed by atoms with E-state index in [0.717, 1.165) is 24.8 Å². The molecule has 1 heterocycles. The molecule has 0 spiro atoms. The van der Waals surface area contributed by atoms with E-state index >= 15 is 0 Å². The Kier molecular flexibility index (Phi) is 6.05. The lowest BCUT2D eigenvalue weighted by molar-refractivity contribution is 0.319. The molecular formula is C16H25NOS. The van der Waals surface area contributed by atoms with E-state index in [1.165, 1.54) is 29.9 Å². The fraction of sp³-hybridized carbons (Fsp3) is 0.625. The third-order valence-corrected chi connectivity index (χ3v) is 4.79. The number of benzene rings is 1. The largest absolute Gasteiger partial charge is 0.494 e. The first-order chi connectivity index (χ1) is 9.36. The number of ether oxygens (including phenoxy) is 1. The first kappa shape index (κ1) is 14.7. The van der Waals surface area contributed by atoms with Crippen LogP contribution in [0.4, 0.5) is 0 Å². The van der Waals surface area contributed by atoms with Gasteiger partial charge in [0.15, 0.2) is 0 Å². The summed E-state index contributed by atoms with van der Waals surface area (Å²) in [6, 6.07) is 8.95. The Bertz CT molecular complexity index is 377. The Labute approximate surface area is 121 Å². The van der Waals surface area contributed by atoms with Crippen LogP contribution in [0.15, 0.2) is 24.3 Å².